The van der Waals surface area contributed by atoms with Crippen molar-refractivity contribution in [2.45, 2.75) is 45.6 Å². The largest absolute Gasteiger partial charge is 0.494 e. The molecule has 5 heteroatoms. The molecule has 0 spiro atoms. The lowest BCUT2D eigenvalue weighted by atomic mass is 10.0. The van der Waals surface area contributed by atoms with E-state index in [1.807, 2.05) is 30.3 Å². The Kier molecular flexibility index (Phi) is 6.22. The third kappa shape index (κ3) is 4.73. The molecule has 0 unspecified atom stereocenters. The van der Waals surface area contributed by atoms with Crippen molar-refractivity contribution in [3.05, 3.63) is 48.0 Å². The van der Waals surface area contributed by atoms with Gasteiger partial charge in [-0.05, 0) is 69.0 Å². The van der Waals surface area contributed by atoms with Crippen LogP contribution in [0.4, 0.5) is 17.1 Å². The van der Waals surface area contributed by atoms with Gasteiger partial charge in [0.2, 0.25) is 0 Å². The first-order valence-electron chi connectivity index (χ1n) is 9.79. The standard InChI is InChI=1S/C22H29N3O2/c1-3-13-27-19-9-6-8-17(14-19)22(26)24-18-10-11-21(20(23)15-18)25-12-5-4-7-16(25)2/h6,8-11,14-16H,3-5,7,12-13,23H2,1-2H3,(H,24,26)/t16-/m0/s1. The van der Waals surface area contributed by atoms with Crippen molar-refractivity contribution in [3.8, 4) is 5.75 Å². The van der Waals surface area contributed by atoms with E-state index in [4.69, 9.17) is 10.5 Å². The second-order valence-electron chi connectivity index (χ2n) is 7.14. The summed E-state index contributed by atoms with van der Waals surface area (Å²) in [7, 11) is 0. The zero-order chi connectivity index (χ0) is 19.2. The van der Waals surface area contributed by atoms with Gasteiger partial charge < -0.3 is 20.7 Å². The number of amides is 1. The molecule has 5 nitrogen and oxygen atoms in total. The number of hydrogen-bond acceptors (Lipinski definition) is 4. The zero-order valence-corrected chi connectivity index (χ0v) is 16.2. The van der Waals surface area contributed by atoms with Crippen molar-refractivity contribution in [1.82, 2.24) is 0 Å². The number of nitrogens with zero attached hydrogens (tertiary/aromatic N) is 1. The van der Waals surface area contributed by atoms with Crippen LogP contribution in [0.2, 0.25) is 0 Å². The van der Waals surface area contributed by atoms with E-state index in [0.29, 0.717) is 35.3 Å². The first kappa shape index (κ1) is 19.1. The number of benzene rings is 2. The number of nitrogens with one attached hydrogen (secondary N) is 1. The van der Waals surface area contributed by atoms with Gasteiger partial charge in [0.25, 0.3) is 5.91 Å². The number of carbonyl (C=O) groups excluding carboxylic acids is 1. The topological polar surface area (TPSA) is 67.6 Å². The zero-order valence-electron chi connectivity index (χ0n) is 16.2. The van der Waals surface area contributed by atoms with Crippen molar-refractivity contribution in [2.75, 3.05) is 29.1 Å². The van der Waals surface area contributed by atoms with E-state index >= 15 is 0 Å². The molecule has 1 fully saturated rings. The number of carbonyl (C=O) groups is 1. The van der Waals surface area contributed by atoms with Crippen LogP contribution in [0.1, 0.15) is 49.9 Å². The molecule has 1 saturated heterocycles. The molecular weight excluding hydrogens is 338 g/mol. The Morgan fingerprint density at radius 1 is 1.26 bits per heavy atom. The fraction of sp³-hybridized carbons (Fsp3) is 0.409. The molecule has 1 aliphatic rings. The van der Waals surface area contributed by atoms with E-state index in [9.17, 15) is 4.79 Å². The minimum atomic E-state index is -0.171. The maximum Gasteiger partial charge on any atom is 0.255 e. The van der Waals surface area contributed by atoms with Crippen LogP contribution in [-0.4, -0.2) is 25.1 Å². The van der Waals surface area contributed by atoms with Gasteiger partial charge in [-0.3, -0.25) is 4.79 Å². The molecule has 0 aromatic heterocycles. The van der Waals surface area contributed by atoms with Crippen LogP contribution in [0.3, 0.4) is 0 Å². The molecule has 1 amide bonds. The number of ether oxygens (including phenoxy) is 1. The summed E-state index contributed by atoms with van der Waals surface area (Å²) in [6.07, 6.45) is 4.58. The normalized spacial score (nSPS) is 16.8. The molecule has 144 valence electrons. The van der Waals surface area contributed by atoms with Gasteiger partial charge in [0.15, 0.2) is 0 Å². The lowest BCUT2D eigenvalue weighted by Gasteiger charge is -2.36. The highest BCUT2D eigenvalue weighted by atomic mass is 16.5. The SMILES string of the molecule is CCCOc1cccc(C(=O)Nc2ccc(N3CCCC[C@@H]3C)c(N)c2)c1. The van der Waals surface area contributed by atoms with Gasteiger partial charge in [0, 0.05) is 23.8 Å². The highest BCUT2D eigenvalue weighted by Gasteiger charge is 2.20. The molecule has 27 heavy (non-hydrogen) atoms. The first-order valence-corrected chi connectivity index (χ1v) is 9.79. The van der Waals surface area contributed by atoms with Crippen molar-refractivity contribution in [2.24, 2.45) is 0 Å². The molecule has 1 atom stereocenters. The molecule has 1 heterocycles. The average Bonchev–Trinajstić information content (AvgIpc) is 2.67. The van der Waals surface area contributed by atoms with E-state index in [1.165, 1.54) is 19.3 Å². The van der Waals surface area contributed by atoms with Gasteiger partial charge in [0.05, 0.1) is 18.0 Å². The number of nitrogens with two attached hydrogens (primary N) is 1. The predicted molar refractivity (Wildman–Crippen MR) is 112 cm³/mol. The van der Waals surface area contributed by atoms with Gasteiger partial charge in [-0.25, -0.2) is 0 Å². The van der Waals surface area contributed by atoms with Crippen LogP contribution in [0.15, 0.2) is 42.5 Å². The molecular formula is C22H29N3O2. The van der Waals surface area contributed by atoms with Crippen molar-refractivity contribution < 1.29 is 9.53 Å². The van der Waals surface area contributed by atoms with Crippen LogP contribution < -0.4 is 20.7 Å². The number of piperidine rings is 1. The lowest BCUT2D eigenvalue weighted by Crippen LogP contribution is -2.37. The number of hydrogen-bond donors (Lipinski definition) is 2. The maximum absolute atomic E-state index is 12.6. The van der Waals surface area contributed by atoms with Gasteiger partial charge >= 0.3 is 0 Å². The highest BCUT2D eigenvalue weighted by Crippen LogP contribution is 2.31. The molecule has 3 rings (SSSR count). The molecule has 0 bridgehead atoms. The van der Waals surface area contributed by atoms with Gasteiger partial charge in [-0.2, -0.15) is 0 Å². The van der Waals surface area contributed by atoms with E-state index in [0.717, 1.165) is 18.7 Å². The molecule has 0 aliphatic carbocycles. The molecule has 2 aromatic carbocycles. The Morgan fingerprint density at radius 3 is 2.85 bits per heavy atom. The summed E-state index contributed by atoms with van der Waals surface area (Å²) >= 11 is 0. The molecule has 0 radical (unpaired) electrons. The Labute approximate surface area is 161 Å². The Hall–Kier alpha value is -2.69. The number of anilines is 3. The third-order valence-corrected chi connectivity index (χ3v) is 4.97. The van der Waals surface area contributed by atoms with E-state index in [1.54, 1.807) is 12.1 Å². The van der Waals surface area contributed by atoms with Crippen LogP contribution in [-0.2, 0) is 0 Å². The van der Waals surface area contributed by atoms with Gasteiger partial charge in [0.1, 0.15) is 5.75 Å². The van der Waals surface area contributed by atoms with Crippen molar-refractivity contribution in [3.63, 3.8) is 0 Å². The Bertz CT molecular complexity index is 791. The van der Waals surface area contributed by atoms with E-state index in [2.05, 4.69) is 24.1 Å². The molecule has 1 aliphatic heterocycles. The predicted octanol–water partition coefficient (Wildman–Crippen LogP) is 4.69. The summed E-state index contributed by atoms with van der Waals surface area (Å²) in [5.74, 6) is 0.536. The van der Waals surface area contributed by atoms with Crippen LogP contribution in [0.25, 0.3) is 0 Å². The van der Waals surface area contributed by atoms with Crippen molar-refractivity contribution in [1.29, 1.82) is 0 Å². The number of nitrogen functional groups attached to an aromatic ring is 1. The summed E-state index contributed by atoms with van der Waals surface area (Å²) in [5.41, 5.74) is 9.31. The van der Waals surface area contributed by atoms with Crippen LogP contribution in [0.5, 0.6) is 5.75 Å². The lowest BCUT2D eigenvalue weighted by molar-refractivity contribution is 0.102. The quantitative estimate of drug-likeness (QED) is 0.727. The average molecular weight is 367 g/mol. The van der Waals surface area contributed by atoms with E-state index in [-0.39, 0.29) is 5.91 Å². The molecule has 0 saturated carbocycles. The molecule has 3 N–H and O–H groups in total. The Morgan fingerprint density at radius 2 is 2.11 bits per heavy atom. The maximum atomic E-state index is 12.6. The highest BCUT2D eigenvalue weighted by molar-refractivity contribution is 6.04. The van der Waals surface area contributed by atoms with Crippen LogP contribution in [0, 0.1) is 0 Å². The van der Waals surface area contributed by atoms with E-state index < -0.39 is 0 Å². The minimum Gasteiger partial charge on any atom is -0.494 e. The fourth-order valence-electron chi connectivity index (χ4n) is 3.50. The van der Waals surface area contributed by atoms with Crippen molar-refractivity contribution >= 4 is 23.0 Å². The Balaban J connectivity index is 1.70. The smallest absolute Gasteiger partial charge is 0.255 e. The summed E-state index contributed by atoms with van der Waals surface area (Å²) in [4.78, 5) is 14.9. The monoisotopic (exact) mass is 367 g/mol. The van der Waals surface area contributed by atoms with Gasteiger partial charge in [-0.15, -0.1) is 0 Å². The molecule has 2 aromatic rings. The van der Waals surface area contributed by atoms with Gasteiger partial charge in [-0.1, -0.05) is 13.0 Å². The number of rotatable bonds is 6. The van der Waals surface area contributed by atoms with Crippen LogP contribution >= 0.6 is 0 Å². The summed E-state index contributed by atoms with van der Waals surface area (Å²) in [6.45, 7) is 5.96. The second-order valence-corrected chi connectivity index (χ2v) is 7.14. The third-order valence-electron chi connectivity index (χ3n) is 4.97. The minimum absolute atomic E-state index is 0.171. The second kappa shape index (κ2) is 8.80. The summed E-state index contributed by atoms with van der Waals surface area (Å²) in [5, 5.41) is 2.93. The fourth-order valence-corrected chi connectivity index (χ4v) is 3.50. The summed E-state index contributed by atoms with van der Waals surface area (Å²) in [6, 6.07) is 13.5. The summed E-state index contributed by atoms with van der Waals surface area (Å²) < 4.78 is 5.60. The first-order chi connectivity index (χ1) is 13.1.